The van der Waals surface area contributed by atoms with E-state index in [1.54, 1.807) is 11.9 Å². The van der Waals surface area contributed by atoms with Crippen molar-refractivity contribution in [2.24, 2.45) is 0 Å². The zero-order chi connectivity index (χ0) is 21.1. The molecule has 5 nitrogen and oxygen atoms in total. The Labute approximate surface area is 180 Å². The lowest BCUT2D eigenvalue weighted by molar-refractivity contribution is -0.119. The molecule has 0 spiro atoms. The number of hydrogen-bond acceptors (Lipinski definition) is 3. The minimum Gasteiger partial charge on any atom is -0.349 e. The highest BCUT2D eigenvalue weighted by Gasteiger charge is 2.21. The van der Waals surface area contributed by atoms with Crippen molar-refractivity contribution in [3.8, 4) is 0 Å². The Morgan fingerprint density at radius 3 is 2.48 bits per heavy atom. The molecule has 6 heteroatoms. The summed E-state index contributed by atoms with van der Waals surface area (Å²) in [4.78, 5) is 26.7. The summed E-state index contributed by atoms with van der Waals surface area (Å²) in [6.07, 6.45) is 11.6. The molecule has 160 valence electrons. The van der Waals surface area contributed by atoms with Gasteiger partial charge in [-0.25, -0.2) is 0 Å². The van der Waals surface area contributed by atoms with Gasteiger partial charge >= 0.3 is 0 Å². The number of unbranched alkanes of at least 4 members (excludes halogenated alkanes) is 4. The van der Waals surface area contributed by atoms with Crippen LogP contribution < -0.4 is 15.5 Å². The number of nitrogens with one attached hydrogen (secondary N) is 2. The minimum absolute atomic E-state index is 0.0671. The van der Waals surface area contributed by atoms with Crippen molar-refractivity contribution in [3.63, 3.8) is 0 Å². The van der Waals surface area contributed by atoms with Crippen molar-refractivity contribution >= 4 is 34.8 Å². The number of nitrogens with zero attached hydrogens (tertiary/aromatic N) is 1. The number of carbonyl (C=O) groups excluding carboxylic acids is 2. The molecule has 2 N–H and O–H groups in total. The molecule has 1 aromatic rings. The number of para-hydroxylation sites is 1. The summed E-state index contributed by atoms with van der Waals surface area (Å²) in [5.41, 5.74) is 1.28. The molecule has 0 unspecified atom stereocenters. The van der Waals surface area contributed by atoms with Gasteiger partial charge in [-0.05, 0) is 43.6 Å². The highest BCUT2D eigenvalue weighted by Crippen LogP contribution is 2.22. The molecule has 29 heavy (non-hydrogen) atoms. The molecular formula is C23H35N3O2S. The molecule has 0 radical (unpaired) electrons. The van der Waals surface area contributed by atoms with E-state index < -0.39 is 0 Å². The average Bonchev–Trinajstić information content (AvgIpc) is 2.73. The van der Waals surface area contributed by atoms with E-state index in [2.05, 4.69) is 17.6 Å². The van der Waals surface area contributed by atoms with E-state index in [0.717, 1.165) is 32.1 Å². The Morgan fingerprint density at radius 2 is 1.76 bits per heavy atom. The predicted octanol–water partition coefficient (Wildman–Crippen LogP) is 4.95. The zero-order valence-corrected chi connectivity index (χ0v) is 18.7. The van der Waals surface area contributed by atoms with E-state index in [9.17, 15) is 9.59 Å². The lowest BCUT2D eigenvalue weighted by atomic mass is 9.95. The van der Waals surface area contributed by atoms with Crippen LogP contribution in [0.3, 0.4) is 0 Å². The summed E-state index contributed by atoms with van der Waals surface area (Å²) < 4.78 is 0. The fraction of sp³-hybridized carbons (Fsp3) is 0.609. The van der Waals surface area contributed by atoms with E-state index in [1.165, 1.54) is 32.1 Å². The number of rotatable bonds is 9. The molecule has 0 heterocycles. The standard InChI is InChI=1S/C23H35N3O2S/c1-3-4-5-6-10-17-21(27)25-23(29)26(2)20-16-12-11-15-19(20)22(28)24-18-13-8-7-9-14-18/h11-12,15-16,18H,3-10,13-14,17H2,1-2H3,(H,24,28)(H,25,27,29). The Morgan fingerprint density at radius 1 is 1.07 bits per heavy atom. The monoisotopic (exact) mass is 417 g/mol. The number of amides is 2. The molecule has 0 saturated heterocycles. The van der Waals surface area contributed by atoms with E-state index in [1.807, 2.05) is 24.3 Å². The lowest BCUT2D eigenvalue weighted by Crippen LogP contribution is -2.42. The van der Waals surface area contributed by atoms with Crippen LogP contribution in [0.2, 0.25) is 0 Å². The highest BCUT2D eigenvalue weighted by molar-refractivity contribution is 7.80. The number of thiocarbonyl (C=S) groups is 1. The Bertz CT molecular complexity index is 686. The minimum atomic E-state index is -0.0793. The van der Waals surface area contributed by atoms with Crippen molar-refractivity contribution in [2.45, 2.75) is 83.6 Å². The summed E-state index contributed by atoms with van der Waals surface area (Å²) in [7, 11) is 1.79. The third-order valence-corrected chi connectivity index (χ3v) is 5.88. The predicted molar refractivity (Wildman–Crippen MR) is 123 cm³/mol. The lowest BCUT2D eigenvalue weighted by Gasteiger charge is -2.26. The van der Waals surface area contributed by atoms with E-state index in [4.69, 9.17) is 12.2 Å². The first kappa shape index (κ1) is 23.3. The van der Waals surface area contributed by atoms with Gasteiger partial charge in [0.25, 0.3) is 5.91 Å². The molecule has 0 atom stereocenters. The van der Waals surface area contributed by atoms with Crippen LogP contribution in [0, 0.1) is 0 Å². The number of anilines is 1. The van der Waals surface area contributed by atoms with Gasteiger partial charge in [-0.1, -0.05) is 64.0 Å². The molecule has 0 aromatic heterocycles. The van der Waals surface area contributed by atoms with Gasteiger partial charge in [0, 0.05) is 19.5 Å². The smallest absolute Gasteiger partial charge is 0.253 e. The van der Waals surface area contributed by atoms with Gasteiger partial charge in [0.1, 0.15) is 0 Å². The summed E-state index contributed by atoms with van der Waals surface area (Å²) >= 11 is 5.43. The van der Waals surface area contributed by atoms with Crippen molar-refractivity contribution in [1.82, 2.24) is 10.6 Å². The zero-order valence-electron chi connectivity index (χ0n) is 17.8. The Kier molecular flexibility index (Phi) is 10.1. The fourth-order valence-corrected chi connectivity index (χ4v) is 3.94. The van der Waals surface area contributed by atoms with Crippen LogP contribution in [0.5, 0.6) is 0 Å². The number of hydrogen-bond donors (Lipinski definition) is 2. The highest BCUT2D eigenvalue weighted by atomic mass is 32.1. The van der Waals surface area contributed by atoms with Gasteiger partial charge in [0.2, 0.25) is 5.91 Å². The van der Waals surface area contributed by atoms with Gasteiger partial charge < -0.3 is 15.5 Å². The molecule has 1 fully saturated rings. The van der Waals surface area contributed by atoms with Crippen molar-refractivity contribution in [1.29, 1.82) is 0 Å². The first-order valence-electron chi connectivity index (χ1n) is 11.0. The maximum atomic E-state index is 12.8. The van der Waals surface area contributed by atoms with Crippen LogP contribution in [0.25, 0.3) is 0 Å². The van der Waals surface area contributed by atoms with Gasteiger partial charge in [-0.2, -0.15) is 0 Å². The Hall–Kier alpha value is -1.95. The van der Waals surface area contributed by atoms with Crippen molar-refractivity contribution in [3.05, 3.63) is 29.8 Å². The summed E-state index contributed by atoms with van der Waals surface area (Å²) in [6, 6.07) is 7.64. The van der Waals surface area contributed by atoms with Gasteiger partial charge in [0.15, 0.2) is 5.11 Å². The number of carbonyl (C=O) groups is 2. The van der Waals surface area contributed by atoms with Gasteiger partial charge in [-0.15, -0.1) is 0 Å². The van der Waals surface area contributed by atoms with Crippen LogP contribution in [0.15, 0.2) is 24.3 Å². The first-order chi connectivity index (χ1) is 14.0. The maximum Gasteiger partial charge on any atom is 0.253 e. The third-order valence-electron chi connectivity index (χ3n) is 5.51. The van der Waals surface area contributed by atoms with E-state index >= 15 is 0 Å². The van der Waals surface area contributed by atoms with Crippen LogP contribution in [-0.4, -0.2) is 30.0 Å². The molecule has 1 aliphatic rings. The molecule has 1 aliphatic carbocycles. The molecule has 1 saturated carbocycles. The van der Waals surface area contributed by atoms with Crippen LogP contribution in [0.1, 0.15) is 87.9 Å². The first-order valence-corrected chi connectivity index (χ1v) is 11.4. The van der Waals surface area contributed by atoms with E-state index in [-0.39, 0.29) is 17.9 Å². The van der Waals surface area contributed by atoms with Crippen molar-refractivity contribution in [2.75, 3.05) is 11.9 Å². The topological polar surface area (TPSA) is 61.4 Å². The SMILES string of the molecule is CCCCCCCC(=O)NC(=S)N(C)c1ccccc1C(=O)NC1CCCCC1. The molecule has 0 aliphatic heterocycles. The van der Waals surface area contributed by atoms with Crippen LogP contribution in [0.4, 0.5) is 5.69 Å². The second-order valence-electron chi connectivity index (χ2n) is 7.90. The summed E-state index contributed by atoms with van der Waals surface area (Å²) in [5.74, 6) is -0.146. The van der Waals surface area contributed by atoms with Crippen LogP contribution in [-0.2, 0) is 4.79 Å². The quantitative estimate of drug-likeness (QED) is 0.441. The second-order valence-corrected chi connectivity index (χ2v) is 8.29. The van der Waals surface area contributed by atoms with Gasteiger partial charge in [0.05, 0.1) is 11.3 Å². The Balaban J connectivity index is 1.92. The second kappa shape index (κ2) is 12.6. The third kappa shape index (κ3) is 7.77. The normalized spacial score (nSPS) is 14.3. The number of benzene rings is 1. The molecule has 1 aromatic carbocycles. The molecule has 2 rings (SSSR count). The molecule has 0 bridgehead atoms. The molecular weight excluding hydrogens is 382 g/mol. The van der Waals surface area contributed by atoms with Crippen LogP contribution >= 0.6 is 12.2 Å². The van der Waals surface area contributed by atoms with E-state index in [0.29, 0.717) is 22.8 Å². The maximum absolute atomic E-state index is 12.8. The molecule has 2 amide bonds. The summed E-state index contributed by atoms with van der Waals surface area (Å²) in [6.45, 7) is 2.17. The fourth-order valence-electron chi connectivity index (χ4n) is 3.73. The largest absolute Gasteiger partial charge is 0.349 e. The summed E-state index contributed by atoms with van der Waals surface area (Å²) in [5, 5.41) is 6.28. The average molecular weight is 418 g/mol. The van der Waals surface area contributed by atoms with Gasteiger partial charge in [-0.3, -0.25) is 9.59 Å². The van der Waals surface area contributed by atoms with Crippen molar-refractivity contribution < 1.29 is 9.59 Å².